The summed E-state index contributed by atoms with van der Waals surface area (Å²) in [6.45, 7) is 0. The lowest BCUT2D eigenvalue weighted by molar-refractivity contribution is 0.102. The number of phenols is 1. The molecule has 3 rings (SSSR count). The molecule has 1 aliphatic rings. The molecule has 1 heterocycles. The summed E-state index contributed by atoms with van der Waals surface area (Å²) in [7, 11) is 4.79. The minimum atomic E-state index is -0.0540. The Hall–Kier alpha value is -2.76. The van der Waals surface area contributed by atoms with Gasteiger partial charge in [0.15, 0.2) is 17.3 Å². The van der Waals surface area contributed by atoms with Gasteiger partial charge >= 0.3 is 0 Å². The Balaban J connectivity index is 2.01. The quantitative estimate of drug-likeness (QED) is 0.880. The van der Waals surface area contributed by atoms with E-state index in [1.807, 2.05) is 13.1 Å². The number of carbonyl (C=O) groups is 1. The van der Waals surface area contributed by atoms with E-state index in [0.717, 1.165) is 17.7 Å². The van der Waals surface area contributed by atoms with Crippen LogP contribution in [-0.2, 0) is 13.5 Å². The van der Waals surface area contributed by atoms with E-state index in [-0.39, 0.29) is 11.5 Å². The molecule has 1 N–H and O–H groups in total. The van der Waals surface area contributed by atoms with Crippen molar-refractivity contribution < 1.29 is 19.4 Å². The van der Waals surface area contributed by atoms with Crippen LogP contribution in [0.15, 0.2) is 23.9 Å². The molecule has 0 aliphatic heterocycles. The molecule has 1 aliphatic carbocycles. The van der Waals surface area contributed by atoms with Crippen molar-refractivity contribution in [3.05, 3.63) is 40.7 Å². The Labute approximate surface area is 134 Å². The summed E-state index contributed by atoms with van der Waals surface area (Å²) in [6.07, 6.45) is 4.85. The third kappa shape index (κ3) is 2.56. The molecule has 120 valence electrons. The topological polar surface area (TPSA) is 73.6 Å². The van der Waals surface area contributed by atoms with Gasteiger partial charge in [0.25, 0.3) is 0 Å². The number of aromatic hydroxyl groups is 1. The van der Waals surface area contributed by atoms with E-state index in [1.54, 1.807) is 23.0 Å². The molecular formula is C17H18N2O4. The summed E-state index contributed by atoms with van der Waals surface area (Å²) in [5, 5.41) is 14.1. The summed E-state index contributed by atoms with van der Waals surface area (Å²) >= 11 is 0. The normalized spacial score (nSPS) is 15.6. The molecule has 0 fully saturated rings. The van der Waals surface area contributed by atoms with Crippen molar-refractivity contribution in [1.82, 2.24) is 9.78 Å². The predicted molar refractivity (Wildman–Crippen MR) is 85.0 cm³/mol. The van der Waals surface area contributed by atoms with Crippen LogP contribution in [0.1, 0.15) is 28.0 Å². The highest BCUT2D eigenvalue weighted by Gasteiger charge is 2.25. The van der Waals surface area contributed by atoms with Gasteiger partial charge in [-0.1, -0.05) is 0 Å². The number of fused-ring (bicyclic) bond motifs is 1. The van der Waals surface area contributed by atoms with E-state index >= 15 is 0 Å². The lowest BCUT2D eigenvalue weighted by atomic mass is 9.90. The van der Waals surface area contributed by atoms with Gasteiger partial charge in [0.2, 0.25) is 5.75 Å². The van der Waals surface area contributed by atoms with Crippen molar-refractivity contribution in [3.8, 4) is 17.2 Å². The molecule has 2 aromatic rings. The lowest BCUT2D eigenvalue weighted by Crippen LogP contribution is -2.15. The van der Waals surface area contributed by atoms with E-state index in [0.29, 0.717) is 29.1 Å². The number of ketones is 1. The number of hydrogen-bond acceptors (Lipinski definition) is 5. The number of phenolic OH excluding ortho intramolecular Hbond substituents is 1. The van der Waals surface area contributed by atoms with Gasteiger partial charge in [-0.3, -0.25) is 9.48 Å². The molecular weight excluding hydrogens is 296 g/mol. The van der Waals surface area contributed by atoms with Crippen molar-refractivity contribution in [2.45, 2.75) is 12.8 Å². The number of allylic oxidation sites excluding steroid dienone is 1. The zero-order chi connectivity index (χ0) is 16.6. The maximum absolute atomic E-state index is 12.6. The van der Waals surface area contributed by atoms with E-state index in [4.69, 9.17) is 9.47 Å². The van der Waals surface area contributed by atoms with Gasteiger partial charge in [-0.05, 0) is 36.6 Å². The van der Waals surface area contributed by atoms with E-state index in [2.05, 4.69) is 5.10 Å². The third-order valence-electron chi connectivity index (χ3n) is 4.07. The molecule has 0 unspecified atom stereocenters. The molecule has 0 atom stereocenters. The van der Waals surface area contributed by atoms with E-state index in [9.17, 15) is 9.90 Å². The van der Waals surface area contributed by atoms with Crippen LogP contribution in [0.5, 0.6) is 17.2 Å². The zero-order valence-electron chi connectivity index (χ0n) is 13.3. The van der Waals surface area contributed by atoms with E-state index in [1.165, 1.54) is 14.2 Å². The number of benzene rings is 1. The van der Waals surface area contributed by atoms with Gasteiger partial charge in [0, 0.05) is 18.3 Å². The van der Waals surface area contributed by atoms with Crippen molar-refractivity contribution >= 4 is 11.9 Å². The molecule has 1 aromatic carbocycles. The summed E-state index contributed by atoms with van der Waals surface area (Å²) in [5.74, 6) is 0.551. The number of aryl methyl sites for hydroxylation is 1. The largest absolute Gasteiger partial charge is 0.502 e. The number of rotatable bonds is 3. The first-order valence-electron chi connectivity index (χ1n) is 7.26. The van der Waals surface area contributed by atoms with Crippen molar-refractivity contribution in [2.75, 3.05) is 14.2 Å². The summed E-state index contributed by atoms with van der Waals surface area (Å²) in [5.41, 5.74) is 3.07. The predicted octanol–water partition coefficient (Wildman–Crippen LogP) is 2.36. The van der Waals surface area contributed by atoms with Crippen molar-refractivity contribution in [2.24, 2.45) is 7.05 Å². The minimum absolute atomic E-state index is 0.00893. The highest BCUT2D eigenvalue weighted by Crippen LogP contribution is 2.38. The SMILES string of the molecule is COc1cc(C=C2CCc3c(cnn3C)C2=O)cc(OC)c1O. The van der Waals surface area contributed by atoms with Crippen LogP contribution in [0.4, 0.5) is 0 Å². The fraction of sp³-hybridized carbons (Fsp3) is 0.294. The summed E-state index contributed by atoms with van der Waals surface area (Å²) < 4.78 is 12.0. The molecule has 23 heavy (non-hydrogen) atoms. The molecule has 6 heteroatoms. The maximum Gasteiger partial charge on any atom is 0.200 e. The Kier molecular flexibility index (Phi) is 3.82. The molecule has 0 amide bonds. The monoisotopic (exact) mass is 314 g/mol. The number of hydrogen-bond donors (Lipinski definition) is 1. The Morgan fingerprint density at radius 1 is 1.22 bits per heavy atom. The molecule has 0 saturated carbocycles. The number of carbonyl (C=O) groups excluding carboxylic acids is 1. The molecule has 6 nitrogen and oxygen atoms in total. The van der Waals surface area contributed by atoms with Gasteiger partial charge in [0.05, 0.1) is 26.0 Å². The second kappa shape index (κ2) is 5.79. The lowest BCUT2D eigenvalue weighted by Gasteiger charge is -2.15. The molecule has 1 aromatic heterocycles. The van der Waals surface area contributed by atoms with Crippen LogP contribution in [0.2, 0.25) is 0 Å². The molecule has 0 bridgehead atoms. The fourth-order valence-electron chi connectivity index (χ4n) is 2.82. The van der Waals surface area contributed by atoms with E-state index < -0.39 is 0 Å². The zero-order valence-corrected chi connectivity index (χ0v) is 13.3. The van der Waals surface area contributed by atoms with Crippen LogP contribution in [0.25, 0.3) is 6.08 Å². The molecule has 0 saturated heterocycles. The maximum atomic E-state index is 12.6. The first-order chi connectivity index (χ1) is 11.0. The Bertz CT molecular complexity index is 780. The number of methoxy groups -OCH3 is 2. The third-order valence-corrected chi connectivity index (χ3v) is 4.07. The fourth-order valence-corrected chi connectivity index (χ4v) is 2.82. The summed E-state index contributed by atoms with van der Waals surface area (Å²) in [6, 6.07) is 3.35. The number of aromatic nitrogens is 2. The highest BCUT2D eigenvalue weighted by molar-refractivity contribution is 6.12. The van der Waals surface area contributed by atoms with Crippen LogP contribution in [0.3, 0.4) is 0 Å². The minimum Gasteiger partial charge on any atom is -0.502 e. The Morgan fingerprint density at radius 2 is 1.87 bits per heavy atom. The first kappa shape index (κ1) is 15.1. The molecule has 0 spiro atoms. The standard InChI is InChI=1S/C17H18N2O4/c1-19-13-5-4-11(16(20)12(13)9-18-19)6-10-7-14(22-2)17(21)15(8-10)23-3/h6-9,21H,4-5H2,1-3H3. The second-order valence-electron chi connectivity index (χ2n) is 5.40. The number of ether oxygens (including phenoxy) is 2. The van der Waals surface area contributed by atoms with Crippen LogP contribution >= 0.6 is 0 Å². The second-order valence-corrected chi connectivity index (χ2v) is 5.40. The van der Waals surface area contributed by atoms with Crippen LogP contribution < -0.4 is 9.47 Å². The van der Waals surface area contributed by atoms with Gasteiger partial charge in [0.1, 0.15) is 0 Å². The number of Topliss-reactive ketones (excluding diaryl/α,β-unsaturated/α-hetero) is 1. The van der Waals surface area contributed by atoms with Crippen LogP contribution in [-0.4, -0.2) is 34.9 Å². The highest BCUT2D eigenvalue weighted by atomic mass is 16.5. The smallest absolute Gasteiger partial charge is 0.200 e. The van der Waals surface area contributed by atoms with Gasteiger partial charge in [-0.15, -0.1) is 0 Å². The van der Waals surface area contributed by atoms with Gasteiger partial charge < -0.3 is 14.6 Å². The van der Waals surface area contributed by atoms with Crippen molar-refractivity contribution in [1.29, 1.82) is 0 Å². The van der Waals surface area contributed by atoms with Crippen LogP contribution in [0, 0.1) is 0 Å². The summed E-state index contributed by atoms with van der Waals surface area (Å²) in [4.78, 5) is 12.6. The first-order valence-corrected chi connectivity index (χ1v) is 7.26. The number of nitrogens with zero attached hydrogens (tertiary/aromatic N) is 2. The average molecular weight is 314 g/mol. The average Bonchev–Trinajstić information content (AvgIpc) is 2.93. The van der Waals surface area contributed by atoms with Gasteiger partial charge in [-0.2, -0.15) is 5.10 Å². The van der Waals surface area contributed by atoms with Crippen molar-refractivity contribution in [3.63, 3.8) is 0 Å². The van der Waals surface area contributed by atoms with Gasteiger partial charge in [-0.25, -0.2) is 0 Å². The Morgan fingerprint density at radius 3 is 2.48 bits per heavy atom. The molecule has 0 radical (unpaired) electrons.